The summed E-state index contributed by atoms with van der Waals surface area (Å²) in [5.74, 6) is 0.151. The number of carbonyl (C=O) groups excluding carboxylic acids is 1. The fourth-order valence-corrected chi connectivity index (χ4v) is 3.42. The third-order valence-corrected chi connectivity index (χ3v) is 5.03. The van der Waals surface area contributed by atoms with E-state index in [4.69, 9.17) is 4.98 Å². The maximum absolute atomic E-state index is 12.5. The van der Waals surface area contributed by atoms with Crippen molar-refractivity contribution in [3.8, 4) is 11.3 Å². The smallest absolute Gasteiger partial charge is 0.177 e. The minimum atomic E-state index is 0. The Kier molecular flexibility index (Phi) is 13.0. The van der Waals surface area contributed by atoms with E-state index in [1.807, 2.05) is 76.2 Å². The summed E-state index contributed by atoms with van der Waals surface area (Å²) in [7, 11) is 0. The van der Waals surface area contributed by atoms with E-state index < -0.39 is 0 Å². The van der Waals surface area contributed by atoms with Crippen LogP contribution in [-0.4, -0.2) is 10.8 Å². The first kappa shape index (κ1) is 26.7. The summed E-state index contributed by atoms with van der Waals surface area (Å²) in [4.78, 5) is 17.9. The van der Waals surface area contributed by atoms with Gasteiger partial charge in [0, 0.05) is 44.7 Å². The van der Waals surface area contributed by atoms with Crippen molar-refractivity contribution in [1.29, 1.82) is 0 Å². The molecule has 0 atom stereocenters. The number of thiazole rings is 1. The number of carbonyl (C=O) groups is 1. The molecule has 4 rings (SSSR count). The van der Waals surface area contributed by atoms with Crippen molar-refractivity contribution < 1.29 is 37.5 Å². The van der Waals surface area contributed by atoms with E-state index in [0.717, 1.165) is 38.9 Å². The van der Waals surface area contributed by atoms with E-state index in [2.05, 4.69) is 17.8 Å². The second kappa shape index (κ2) is 14.6. The van der Waals surface area contributed by atoms with Crippen LogP contribution in [0.5, 0.6) is 0 Å². The molecule has 5 heteroatoms. The molecule has 1 aromatic heterocycles. The number of anilines is 2. The van der Waals surface area contributed by atoms with E-state index in [-0.39, 0.29) is 38.5 Å². The van der Waals surface area contributed by atoms with Crippen molar-refractivity contribution in [3.63, 3.8) is 0 Å². The monoisotopic (exact) mass is 495 g/mol. The molecule has 3 aromatic rings. The average molecular weight is 496 g/mol. The van der Waals surface area contributed by atoms with Crippen LogP contribution in [0.1, 0.15) is 61.7 Å². The van der Waals surface area contributed by atoms with Crippen LogP contribution in [0.4, 0.5) is 10.8 Å². The number of aromatic nitrogens is 1. The quantitative estimate of drug-likeness (QED) is 0.282. The molecule has 1 heterocycles. The first-order chi connectivity index (χ1) is 14.2. The Morgan fingerprint density at radius 2 is 1.87 bits per heavy atom. The summed E-state index contributed by atoms with van der Waals surface area (Å²) in [6.45, 7) is 8.05. The molecule has 0 unspecified atom stereocenters. The Hall–Kier alpha value is -1.36. The maximum atomic E-state index is 12.5. The molecular formula is C25H30N2OSY-2. The topological polar surface area (TPSA) is 42.0 Å². The van der Waals surface area contributed by atoms with Gasteiger partial charge in [-0.3, -0.25) is 4.79 Å². The molecule has 1 radical (unpaired) electrons. The van der Waals surface area contributed by atoms with E-state index in [1.165, 1.54) is 24.2 Å². The number of hydrogen-bond donors (Lipinski definition) is 1. The minimum absolute atomic E-state index is 0. The van der Waals surface area contributed by atoms with Crippen LogP contribution in [0, 0.1) is 19.4 Å². The van der Waals surface area contributed by atoms with Gasteiger partial charge < -0.3 is 11.7 Å². The summed E-state index contributed by atoms with van der Waals surface area (Å²) in [5.41, 5.74) is 3.81. The summed E-state index contributed by atoms with van der Waals surface area (Å²) >= 11 is 1.42. The number of ketones is 1. The van der Waals surface area contributed by atoms with Gasteiger partial charge in [0.05, 0.1) is 10.6 Å². The fraction of sp³-hybridized carbons (Fsp3) is 0.320. The minimum Gasteiger partial charge on any atom is -0.385 e. The van der Waals surface area contributed by atoms with Gasteiger partial charge in [0.1, 0.15) is 0 Å². The molecule has 1 aliphatic rings. The van der Waals surface area contributed by atoms with Crippen LogP contribution >= 0.6 is 11.3 Å². The van der Waals surface area contributed by atoms with E-state index in [0.29, 0.717) is 6.42 Å². The van der Waals surface area contributed by atoms with Crippen molar-refractivity contribution in [2.45, 2.75) is 53.4 Å². The van der Waals surface area contributed by atoms with Crippen LogP contribution in [0.25, 0.3) is 11.3 Å². The number of rotatable bonds is 6. The molecule has 1 N–H and O–H groups in total. The molecule has 0 amide bonds. The summed E-state index contributed by atoms with van der Waals surface area (Å²) in [6, 6.07) is 18.7. The van der Waals surface area contributed by atoms with Crippen molar-refractivity contribution in [2.24, 2.45) is 0 Å². The van der Waals surface area contributed by atoms with Gasteiger partial charge in [0.2, 0.25) is 0 Å². The number of benzene rings is 2. The molecule has 157 valence electrons. The molecule has 1 saturated carbocycles. The Bertz CT molecular complexity index is 888. The molecule has 0 bridgehead atoms. The van der Waals surface area contributed by atoms with Gasteiger partial charge in [-0.2, -0.15) is 24.3 Å². The number of hydrogen-bond acceptors (Lipinski definition) is 4. The van der Waals surface area contributed by atoms with Crippen LogP contribution in [0.3, 0.4) is 0 Å². The Balaban J connectivity index is 0.000000672. The van der Waals surface area contributed by atoms with Gasteiger partial charge in [0.15, 0.2) is 10.9 Å². The fourth-order valence-electron chi connectivity index (χ4n) is 2.45. The number of Topliss-reactive ketones (excluding diaryl/α,β-unsaturated/α-hetero) is 1. The van der Waals surface area contributed by atoms with Crippen LogP contribution in [-0.2, 0) is 32.7 Å². The Labute approximate surface area is 210 Å². The standard InChI is InChI=1S/C20H19N2OS.C3H5.C2H6.Y/c1-3-9-17(23)19-18(15-11-5-4-6-12-15)22-20(24-19)21-16-13-8-7-10-14(16)2;1-2-3-1;1-2;/h4-7,10-13H,3,9H2,1-2H3,(H,21,22);1H,2-3H2;1-2H3;/q2*-1;;. The van der Waals surface area contributed by atoms with Gasteiger partial charge in [0.25, 0.3) is 0 Å². The predicted octanol–water partition coefficient (Wildman–Crippen LogP) is 7.65. The van der Waals surface area contributed by atoms with Crippen molar-refractivity contribution >= 4 is 27.9 Å². The van der Waals surface area contributed by atoms with Gasteiger partial charge in [-0.25, -0.2) is 17.8 Å². The molecule has 0 aliphatic heterocycles. The van der Waals surface area contributed by atoms with Gasteiger partial charge in [-0.05, 0) is 6.42 Å². The van der Waals surface area contributed by atoms with E-state index in [1.54, 1.807) is 0 Å². The molecule has 30 heavy (non-hydrogen) atoms. The Morgan fingerprint density at radius 1 is 1.20 bits per heavy atom. The SMILES string of the molecule is CC.CCCC(=O)c1sc(Nc2c[c-]ccc2C)nc1-c1ccccc1.[CH-]1CC1.[Y]. The van der Waals surface area contributed by atoms with Crippen molar-refractivity contribution in [2.75, 3.05) is 5.32 Å². The second-order valence-corrected chi connectivity index (χ2v) is 7.47. The van der Waals surface area contributed by atoms with E-state index >= 15 is 0 Å². The first-order valence-corrected chi connectivity index (χ1v) is 11.2. The molecule has 2 aromatic carbocycles. The van der Waals surface area contributed by atoms with Gasteiger partial charge in [-0.1, -0.05) is 75.1 Å². The predicted molar refractivity (Wildman–Crippen MR) is 125 cm³/mol. The molecule has 0 saturated heterocycles. The van der Waals surface area contributed by atoms with Crippen LogP contribution in [0.15, 0.2) is 48.5 Å². The zero-order valence-electron chi connectivity index (χ0n) is 18.4. The number of aryl methyl sites for hydroxylation is 1. The van der Waals surface area contributed by atoms with Gasteiger partial charge in [-0.15, -0.1) is 5.56 Å². The summed E-state index contributed by atoms with van der Waals surface area (Å²) in [6.07, 6.45) is 6.38. The first-order valence-electron chi connectivity index (χ1n) is 10.3. The summed E-state index contributed by atoms with van der Waals surface area (Å²) in [5, 5.41) is 4.06. The summed E-state index contributed by atoms with van der Waals surface area (Å²) < 4.78 is 0. The normalized spacial score (nSPS) is 11.1. The molecule has 0 spiro atoms. The average Bonchev–Trinajstić information content (AvgIpc) is 3.59. The van der Waals surface area contributed by atoms with Gasteiger partial charge >= 0.3 is 0 Å². The van der Waals surface area contributed by atoms with E-state index in [9.17, 15) is 4.79 Å². The zero-order chi connectivity index (χ0) is 21.1. The zero-order valence-corrected chi connectivity index (χ0v) is 22.0. The largest absolute Gasteiger partial charge is 0.385 e. The number of nitrogens with one attached hydrogen (secondary N) is 1. The van der Waals surface area contributed by atoms with Crippen molar-refractivity contribution in [1.82, 2.24) is 4.98 Å². The van der Waals surface area contributed by atoms with Crippen molar-refractivity contribution in [3.05, 3.63) is 71.5 Å². The molecule has 1 aliphatic carbocycles. The molecule has 1 fully saturated rings. The molecular weight excluding hydrogens is 465 g/mol. The Morgan fingerprint density at radius 3 is 2.43 bits per heavy atom. The molecule has 3 nitrogen and oxygen atoms in total. The van der Waals surface area contributed by atoms with Crippen LogP contribution in [0.2, 0.25) is 0 Å². The third kappa shape index (κ3) is 8.41. The van der Waals surface area contributed by atoms with Crippen LogP contribution < -0.4 is 5.32 Å². The number of nitrogens with zero attached hydrogens (tertiary/aromatic N) is 1. The second-order valence-electron chi connectivity index (χ2n) is 6.47. The maximum Gasteiger partial charge on any atom is 0.177 e. The third-order valence-electron chi connectivity index (χ3n) is 4.02.